The lowest BCUT2D eigenvalue weighted by molar-refractivity contribution is 1.12. The van der Waals surface area contributed by atoms with E-state index in [-0.39, 0.29) is 0 Å². The molecule has 0 spiro atoms. The first-order valence-electron chi connectivity index (χ1n) is 20.0. The van der Waals surface area contributed by atoms with Crippen LogP contribution in [-0.2, 0) is 0 Å². The zero-order valence-electron chi connectivity index (χ0n) is 32.4. The molecule has 9 aromatic carbocycles. The van der Waals surface area contributed by atoms with Crippen molar-refractivity contribution in [2.24, 2.45) is 0 Å². The third-order valence-corrected chi connectivity index (χ3v) is 11.8. The van der Waals surface area contributed by atoms with Gasteiger partial charge in [0, 0.05) is 21.5 Å². The number of aromatic nitrogens is 2. The molecular weight excluding hydrogens is 729 g/mol. The van der Waals surface area contributed by atoms with E-state index in [2.05, 4.69) is 191 Å². The van der Waals surface area contributed by atoms with Crippen molar-refractivity contribution in [3.05, 3.63) is 217 Å². The Bertz CT molecular complexity index is 3100. The van der Waals surface area contributed by atoms with E-state index in [0.717, 1.165) is 88.1 Å². The summed E-state index contributed by atoms with van der Waals surface area (Å²) in [5.74, 6) is 0. The van der Waals surface area contributed by atoms with Crippen LogP contribution >= 0.6 is 0 Å². The van der Waals surface area contributed by atoms with E-state index in [4.69, 9.17) is 0 Å². The summed E-state index contributed by atoms with van der Waals surface area (Å²) >= 11 is 0. The summed E-state index contributed by atoms with van der Waals surface area (Å²) in [6.45, 7) is 0. The van der Waals surface area contributed by atoms with E-state index in [1.807, 2.05) is 36.4 Å². The standard InChI is InChI=1S/C56H34N4/c57-35-45-34-56(60-53-27-23-43(39-17-9-3-10-18-39)31-49(53)50-32-44(24-28-54(50)60)40-19-11-4-12-20-40)46(36-58)33-55(45)59-51-25-21-41(37-13-5-1-6-14-37)29-47(51)48-30-42(22-26-52(48)59)38-15-7-2-8-16-38/h1-34H. The average Bonchev–Trinajstić information content (AvgIpc) is 3.83. The maximum atomic E-state index is 11.0. The number of nitriles is 2. The number of hydrogen-bond donors (Lipinski definition) is 0. The number of nitrogens with zero attached hydrogens (tertiary/aromatic N) is 4. The van der Waals surface area contributed by atoms with Crippen LogP contribution in [0.3, 0.4) is 0 Å². The number of fused-ring (bicyclic) bond motifs is 6. The van der Waals surface area contributed by atoms with Crippen molar-refractivity contribution in [3.63, 3.8) is 0 Å². The van der Waals surface area contributed by atoms with Gasteiger partial charge in [-0.1, -0.05) is 146 Å². The fraction of sp³-hybridized carbons (Fsp3) is 0. The monoisotopic (exact) mass is 762 g/mol. The lowest BCUT2D eigenvalue weighted by atomic mass is 10.0. The average molecular weight is 763 g/mol. The predicted octanol–water partition coefficient (Wildman–Crippen LogP) is 14.3. The van der Waals surface area contributed by atoms with Gasteiger partial charge in [-0.05, 0) is 105 Å². The number of rotatable bonds is 6. The van der Waals surface area contributed by atoms with Gasteiger partial charge in [0.05, 0.1) is 44.6 Å². The van der Waals surface area contributed by atoms with E-state index < -0.39 is 0 Å². The van der Waals surface area contributed by atoms with Gasteiger partial charge in [0.15, 0.2) is 0 Å². The summed E-state index contributed by atoms with van der Waals surface area (Å²) in [6.07, 6.45) is 0. The van der Waals surface area contributed by atoms with Crippen LogP contribution in [0.15, 0.2) is 206 Å². The van der Waals surface area contributed by atoms with E-state index in [0.29, 0.717) is 22.5 Å². The Morgan fingerprint density at radius 2 is 0.517 bits per heavy atom. The maximum absolute atomic E-state index is 11.0. The van der Waals surface area contributed by atoms with Crippen molar-refractivity contribution >= 4 is 43.6 Å². The Hall–Kier alpha value is -8.44. The second kappa shape index (κ2) is 14.2. The number of hydrogen-bond acceptors (Lipinski definition) is 2. The van der Waals surface area contributed by atoms with E-state index in [9.17, 15) is 10.5 Å². The SMILES string of the molecule is N#Cc1cc(-n2c3ccc(-c4ccccc4)cc3c3cc(-c4ccccc4)ccc32)c(C#N)cc1-n1c2ccc(-c3ccccc3)cc2c2cc(-c3ccccc3)ccc21. The zero-order chi connectivity index (χ0) is 40.2. The molecule has 0 amide bonds. The van der Waals surface area contributed by atoms with Gasteiger partial charge in [-0.15, -0.1) is 0 Å². The molecule has 0 saturated heterocycles. The molecule has 0 N–H and O–H groups in total. The molecule has 0 aliphatic rings. The summed E-state index contributed by atoms with van der Waals surface area (Å²) in [5.41, 5.74) is 15.1. The highest BCUT2D eigenvalue weighted by molar-refractivity contribution is 6.13. The molecule has 4 nitrogen and oxygen atoms in total. The van der Waals surface area contributed by atoms with Gasteiger partial charge in [0.1, 0.15) is 12.1 Å². The smallest absolute Gasteiger partial charge is 0.101 e. The second-order valence-corrected chi connectivity index (χ2v) is 15.2. The fourth-order valence-electron chi connectivity index (χ4n) is 8.93. The van der Waals surface area contributed by atoms with E-state index >= 15 is 0 Å². The Morgan fingerprint density at radius 3 is 0.750 bits per heavy atom. The lowest BCUT2D eigenvalue weighted by Gasteiger charge is -2.16. The minimum Gasteiger partial charge on any atom is -0.308 e. The summed E-state index contributed by atoms with van der Waals surface area (Å²) in [6, 6.07) is 76.6. The van der Waals surface area contributed by atoms with Crippen molar-refractivity contribution in [2.45, 2.75) is 0 Å². The van der Waals surface area contributed by atoms with Gasteiger partial charge < -0.3 is 9.13 Å². The first kappa shape index (κ1) is 34.8. The summed E-state index contributed by atoms with van der Waals surface area (Å²) in [5, 5.41) is 26.3. The first-order valence-corrected chi connectivity index (χ1v) is 20.0. The van der Waals surface area contributed by atoms with Crippen LogP contribution in [0.1, 0.15) is 11.1 Å². The van der Waals surface area contributed by atoms with Crippen LogP contribution in [0.25, 0.3) is 99.5 Å². The molecule has 0 aliphatic heterocycles. The minimum atomic E-state index is 0.471. The molecule has 11 aromatic rings. The number of benzene rings is 9. The highest BCUT2D eigenvalue weighted by atomic mass is 15.0. The first-order chi connectivity index (χ1) is 29.7. The highest BCUT2D eigenvalue weighted by Crippen LogP contribution is 2.41. The van der Waals surface area contributed by atoms with Crippen molar-refractivity contribution in [3.8, 4) is 68.0 Å². The van der Waals surface area contributed by atoms with Gasteiger partial charge in [0.25, 0.3) is 0 Å². The molecule has 0 radical (unpaired) electrons. The maximum Gasteiger partial charge on any atom is 0.101 e. The normalized spacial score (nSPS) is 11.3. The molecule has 0 saturated carbocycles. The lowest BCUT2D eigenvalue weighted by Crippen LogP contribution is -2.04. The van der Waals surface area contributed by atoms with Gasteiger partial charge in [-0.25, -0.2) is 0 Å². The Balaban J connectivity index is 1.16. The molecule has 0 bridgehead atoms. The second-order valence-electron chi connectivity index (χ2n) is 15.2. The Kier molecular flexibility index (Phi) is 8.22. The summed E-state index contributed by atoms with van der Waals surface area (Å²) in [4.78, 5) is 0. The van der Waals surface area contributed by atoms with Crippen LogP contribution in [0.2, 0.25) is 0 Å². The molecule has 2 heterocycles. The largest absolute Gasteiger partial charge is 0.308 e. The topological polar surface area (TPSA) is 57.4 Å². The molecule has 0 aliphatic carbocycles. The van der Waals surface area contributed by atoms with Crippen molar-refractivity contribution in [1.29, 1.82) is 10.5 Å². The predicted molar refractivity (Wildman–Crippen MR) is 246 cm³/mol. The van der Waals surface area contributed by atoms with Crippen LogP contribution in [0.4, 0.5) is 0 Å². The molecule has 278 valence electrons. The quantitative estimate of drug-likeness (QED) is 0.169. The fourth-order valence-corrected chi connectivity index (χ4v) is 8.93. The highest BCUT2D eigenvalue weighted by Gasteiger charge is 2.22. The van der Waals surface area contributed by atoms with E-state index in [1.165, 1.54) is 0 Å². The molecular formula is C56H34N4. The third kappa shape index (κ3) is 5.67. The van der Waals surface area contributed by atoms with Crippen LogP contribution < -0.4 is 0 Å². The van der Waals surface area contributed by atoms with Crippen LogP contribution in [0.5, 0.6) is 0 Å². The van der Waals surface area contributed by atoms with Crippen molar-refractivity contribution < 1.29 is 0 Å². The zero-order valence-corrected chi connectivity index (χ0v) is 32.4. The van der Waals surface area contributed by atoms with Crippen molar-refractivity contribution in [1.82, 2.24) is 9.13 Å². The third-order valence-electron chi connectivity index (χ3n) is 11.8. The van der Waals surface area contributed by atoms with Gasteiger partial charge in [-0.2, -0.15) is 10.5 Å². The minimum absolute atomic E-state index is 0.471. The molecule has 4 heteroatoms. The van der Waals surface area contributed by atoms with Crippen LogP contribution in [-0.4, -0.2) is 9.13 Å². The van der Waals surface area contributed by atoms with Gasteiger partial charge >= 0.3 is 0 Å². The molecule has 11 rings (SSSR count). The van der Waals surface area contributed by atoms with E-state index in [1.54, 1.807) is 0 Å². The van der Waals surface area contributed by atoms with Crippen molar-refractivity contribution in [2.75, 3.05) is 0 Å². The summed E-state index contributed by atoms with van der Waals surface area (Å²) < 4.78 is 4.31. The molecule has 2 aromatic heterocycles. The molecule has 0 fully saturated rings. The Labute approximate surface area is 347 Å². The molecule has 60 heavy (non-hydrogen) atoms. The summed E-state index contributed by atoms with van der Waals surface area (Å²) in [7, 11) is 0. The van der Waals surface area contributed by atoms with Gasteiger partial charge in [0.2, 0.25) is 0 Å². The van der Waals surface area contributed by atoms with Crippen LogP contribution in [0, 0.1) is 22.7 Å². The Morgan fingerprint density at radius 1 is 0.267 bits per heavy atom. The molecule has 0 atom stereocenters. The molecule has 0 unspecified atom stereocenters. The van der Waals surface area contributed by atoms with Gasteiger partial charge in [-0.3, -0.25) is 0 Å².